The number of anilines is 2. The van der Waals surface area contributed by atoms with Gasteiger partial charge in [-0.25, -0.2) is 4.98 Å². The zero-order chi connectivity index (χ0) is 14.4. The Morgan fingerprint density at radius 1 is 1.16 bits per heavy atom. The molecule has 0 radical (unpaired) electrons. The monoisotopic (exact) mass is 303 g/mol. The number of halogens is 2. The minimum absolute atomic E-state index is 0.315. The number of pyridine rings is 1. The highest BCUT2D eigenvalue weighted by molar-refractivity contribution is 6.37. The molecule has 0 aliphatic heterocycles. The Hall–Kier alpha value is -0.670. The van der Waals surface area contributed by atoms with Crippen LogP contribution in [0.15, 0.2) is 6.07 Å². The molecule has 2 atom stereocenters. The first kappa shape index (κ1) is 16.4. The molecule has 2 unspecified atom stereocenters. The molecule has 0 aliphatic rings. The van der Waals surface area contributed by atoms with E-state index in [0.29, 0.717) is 33.6 Å². The van der Waals surface area contributed by atoms with E-state index in [1.165, 1.54) is 0 Å². The minimum Gasteiger partial charge on any atom is -0.369 e. The Kier molecular flexibility index (Phi) is 6.73. The third kappa shape index (κ3) is 4.73. The normalized spacial score (nSPS) is 14.0. The molecule has 0 saturated carbocycles. The van der Waals surface area contributed by atoms with Crippen LogP contribution < -0.4 is 10.6 Å². The predicted octanol–water partition coefficient (Wildman–Crippen LogP) is 5.06. The molecule has 0 saturated heterocycles. The Bertz CT molecular complexity index is 410. The van der Waals surface area contributed by atoms with E-state index in [-0.39, 0.29) is 0 Å². The molecule has 0 bridgehead atoms. The lowest BCUT2D eigenvalue weighted by Crippen LogP contribution is -2.24. The summed E-state index contributed by atoms with van der Waals surface area (Å²) in [5, 5.41) is 7.68. The smallest absolute Gasteiger partial charge is 0.147 e. The van der Waals surface area contributed by atoms with Crippen molar-refractivity contribution < 1.29 is 0 Å². The van der Waals surface area contributed by atoms with Gasteiger partial charge in [0, 0.05) is 12.6 Å². The third-order valence-corrected chi connectivity index (χ3v) is 3.91. The van der Waals surface area contributed by atoms with Gasteiger partial charge in [-0.15, -0.1) is 0 Å². The molecule has 1 heterocycles. The van der Waals surface area contributed by atoms with Crippen molar-refractivity contribution in [2.45, 2.75) is 46.6 Å². The Morgan fingerprint density at radius 2 is 1.79 bits per heavy atom. The van der Waals surface area contributed by atoms with Gasteiger partial charge in [0.2, 0.25) is 0 Å². The number of aromatic nitrogens is 1. The van der Waals surface area contributed by atoms with Gasteiger partial charge in [0.25, 0.3) is 0 Å². The van der Waals surface area contributed by atoms with Crippen LogP contribution in [0, 0.1) is 5.92 Å². The van der Waals surface area contributed by atoms with E-state index >= 15 is 0 Å². The molecule has 0 spiro atoms. The summed E-state index contributed by atoms with van der Waals surface area (Å²) in [6.45, 7) is 9.46. The van der Waals surface area contributed by atoms with E-state index in [1.54, 1.807) is 6.07 Å². The average Bonchev–Trinajstić information content (AvgIpc) is 2.39. The average molecular weight is 304 g/mol. The lowest BCUT2D eigenvalue weighted by Gasteiger charge is -2.21. The number of nitrogens with one attached hydrogen (secondary N) is 2. The van der Waals surface area contributed by atoms with Crippen LogP contribution in [0.1, 0.15) is 40.5 Å². The zero-order valence-corrected chi connectivity index (χ0v) is 13.6. The van der Waals surface area contributed by atoms with Crippen molar-refractivity contribution >= 4 is 34.8 Å². The largest absolute Gasteiger partial charge is 0.369 e. The van der Waals surface area contributed by atoms with E-state index < -0.39 is 0 Å². The van der Waals surface area contributed by atoms with Crippen LogP contribution >= 0.6 is 23.2 Å². The molecule has 0 aromatic carbocycles. The van der Waals surface area contributed by atoms with E-state index in [9.17, 15) is 0 Å². The highest BCUT2D eigenvalue weighted by atomic mass is 35.5. The number of nitrogens with zero attached hydrogens (tertiary/aromatic N) is 1. The summed E-state index contributed by atoms with van der Waals surface area (Å²) < 4.78 is 0. The second-order valence-corrected chi connectivity index (χ2v) is 5.71. The van der Waals surface area contributed by atoms with Gasteiger partial charge in [-0.05, 0) is 25.3 Å². The Labute approximate surface area is 126 Å². The number of hydrogen-bond donors (Lipinski definition) is 2. The summed E-state index contributed by atoms with van der Waals surface area (Å²) in [4.78, 5) is 4.48. The molecule has 1 rings (SSSR count). The highest BCUT2D eigenvalue weighted by Gasteiger charge is 2.14. The van der Waals surface area contributed by atoms with Crippen molar-refractivity contribution in [3.8, 4) is 0 Å². The van der Waals surface area contributed by atoms with Gasteiger partial charge >= 0.3 is 0 Å². The van der Waals surface area contributed by atoms with Crippen molar-refractivity contribution in [2.75, 3.05) is 17.2 Å². The van der Waals surface area contributed by atoms with Gasteiger partial charge in [-0.3, -0.25) is 0 Å². The molecule has 0 amide bonds. The standard InChI is InChI=1S/C14H23Cl2N3/c1-5-7-17-13-11(15)8-12(16)14(19-13)18-10(4)9(3)6-2/h8-10H,5-7H2,1-4H3,(H2,17,18,19). The van der Waals surface area contributed by atoms with Crippen molar-refractivity contribution in [1.29, 1.82) is 0 Å². The molecule has 1 aromatic heterocycles. The van der Waals surface area contributed by atoms with Crippen molar-refractivity contribution in [2.24, 2.45) is 5.92 Å². The van der Waals surface area contributed by atoms with Crippen molar-refractivity contribution in [3.05, 3.63) is 16.1 Å². The molecule has 5 heteroatoms. The minimum atomic E-state index is 0.315. The van der Waals surface area contributed by atoms with Gasteiger partial charge in [-0.1, -0.05) is 50.4 Å². The van der Waals surface area contributed by atoms with E-state index in [1.807, 2.05) is 0 Å². The van der Waals surface area contributed by atoms with E-state index in [4.69, 9.17) is 23.2 Å². The molecule has 2 N–H and O–H groups in total. The quantitative estimate of drug-likeness (QED) is 0.739. The van der Waals surface area contributed by atoms with E-state index in [2.05, 4.69) is 43.3 Å². The summed E-state index contributed by atoms with van der Waals surface area (Å²) in [5.74, 6) is 1.94. The number of rotatable bonds is 7. The summed E-state index contributed by atoms with van der Waals surface area (Å²) in [6, 6.07) is 2.05. The van der Waals surface area contributed by atoms with Crippen molar-refractivity contribution in [1.82, 2.24) is 4.98 Å². The molecular weight excluding hydrogens is 281 g/mol. The van der Waals surface area contributed by atoms with Gasteiger partial charge < -0.3 is 10.6 Å². The first-order valence-electron chi connectivity index (χ1n) is 6.86. The molecule has 3 nitrogen and oxygen atoms in total. The van der Waals surface area contributed by atoms with Crippen LogP contribution in [-0.2, 0) is 0 Å². The van der Waals surface area contributed by atoms with Crippen LogP contribution in [0.3, 0.4) is 0 Å². The lowest BCUT2D eigenvalue weighted by atomic mass is 10.0. The second kappa shape index (κ2) is 7.81. The van der Waals surface area contributed by atoms with Crippen LogP contribution in [-0.4, -0.2) is 17.6 Å². The van der Waals surface area contributed by atoms with Gasteiger partial charge in [0.05, 0.1) is 10.0 Å². The third-order valence-electron chi connectivity index (χ3n) is 3.33. The van der Waals surface area contributed by atoms with Crippen LogP contribution in [0.4, 0.5) is 11.6 Å². The molecule has 0 fully saturated rings. The van der Waals surface area contributed by atoms with Crippen LogP contribution in [0.2, 0.25) is 10.0 Å². The topological polar surface area (TPSA) is 37.0 Å². The molecular formula is C14H23Cl2N3. The van der Waals surface area contributed by atoms with E-state index in [0.717, 1.165) is 19.4 Å². The molecule has 108 valence electrons. The predicted molar refractivity (Wildman–Crippen MR) is 85.6 cm³/mol. The maximum atomic E-state index is 6.19. The van der Waals surface area contributed by atoms with Crippen molar-refractivity contribution in [3.63, 3.8) is 0 Å². The second-order valence-electron chi connectivity index (χ2n) is 4.89. The zero-order valence-electron chi connectivity index (χ0n) is 12.1. The maximum absolute atomic E-state index is 6.19. The SMILES string of the molecule is CCCNc1nc(NC(C)C(C)CC)c(Cl)cc1Cl. The summed E-state index contributed by atoms with van der Waals surface area (Å²) in [6.07, 6.45) is 2.13. The summed E-state index contributed by atoms with van der Waals surface area (Å²) in [5.41, 5.74) is 0. The fourth-order valence-electron chi connectivity index (χ4n) is 1.65. The van der Waals surface area contributed by atoms with Crippen LogP contribution in [0.5, 0.6) is 0 Å². The first-order valence-corrected chi connectivity index (χ1v) is 7.61. The maximum Gasteiger partial charge on any atom is 0.147 e. The van der Waals surface area contributed by atoms with Gasteiger partial charge in [-0.2, -0.15) is 0 Å². The lowest BCUT2D eigenvalue weighted by molar-refractivity contribution is 0.493. The Balaban J connectivity index is 2.87. The first-order chi connectivity index (χ1) is 8.99. The van der Waals surface area contributed by atoms with Crippen LogP contribution in [0.25, 0.3) is 0 Å². The van der Waals surface area contributed by atoms with Gasteiger partial charge in [0.15, 0.2) is 0 Å². The highest BCUT2D eigenvalue weighted by Crippen LogP contribution is 2.30. The summed E-state index contributed by atoms with van der Waals surface area (Å²) in [7, 11) is 0. The summed E-state index contributed by atoms with van der Waals surface area (Å²) >= 11 is 12.3. The molecule has 0 aliphatic carbocycles. The number of hydrogen-bond acceptors (Lipinski definition) is 3. The molecule has 19 heavy (non-hydrogen) atoms. The van der Waals surface area contributed by atoms with Gasteiger partial charge in [0.1, 0.15) is 11.6 Å². The Morgan fingerprint density at radius 3 is 2.37 bits per heavy atom. The fourth-order valence-corrected chi connectivity index (χ4v) is 2.13. The fraction of sp³-hybridized carbons (Fsp3) is 0.643. The molecule has 1 aromatic rings.